The molecule has 4 rings (SSSR count). The monoisotopic (exact) mass is 378 g/mol. The van der Waals surface area contributed by atoms with Crippen molar-refractivity contribution in [2.24, 2.45) is 14.1 Å². The van der Waals surface area contributed by atoms with Crippen LogP contribution in [0.25, 0.3) is 10.6 Å². The van der Waals surface area contributed by atoms with E-state index >= 15 is 0 Å². The van der Waals surface area contributed by atoms with Crippen molar-refractivity contribution in [2.45, 2.75) is 6.04 Å². The van der Waals surface area contributed by atoms with Crippen LogP contribution in [-0.4, -0.2) is 30.2 Å². The summed E-state index contributed by atoms with van der Waals surface area (Å²) in [6.45, 7) is 0. The smallest absolute Gasteiger partial charge is 0.271 e. The minimum Gasteiger partial charge on any atom is -0.337 e. The minimum atomic E-state index is -0.359. The topological polar surface area (TPSA) is 77.6 Å². The SMILES string of the molecule is Cn1cc(-c2nc(C(=O)NC(c3ccccc3)c3nccn3C)cs2)cn1. The van der Waals surface area contributed by atoms with Crippen LogP contribution in [0.3, 0.4) is 0 Å². The molecule has 0 fully saturated rings. The molecule has 1 N–H and O–H groups in total. The van der Waals surface area contributed by atoms with Gasteiger partial charge in [0.1, 0.15) is 22.6 Å². The number of amides is 1. The molecule has 1 aromatic carbocycles. The molecule has 0 aliphatic heterocycles. The first kappa shape index (κ1) is 17.2. The molecule has 0 bridgehead atoms. The molecular weight excluding hydrogens is 360 g/mol. The quantitative estimate of drug-likeness (QED) is 0.579. The molecule has 0 saturated carbocycles. The Labute approximate surface area is 160 Å². The number of carbonyl (C=O) groups is 1. The second-order valence-corrected chi connectivity index (χ2v) is 7.01. The lowest BCUT2D eigenvalue weighted by Gasteiger charge is -2.18. The van der Waals surface area contributed by atoms with Gasteiger partial charge in [-0.2, -0.15) is 5.10 Å². The predicted octanol–water partition coefficient (Wildman–Crippen LogP) is 2.80. The van der Waals surface area contributed by atoms with E-state index in [1.54, 1.807) is 22.5 Å². The second kappa shape index (κ2) is 7.16. The van der Waals surface area contributed by atoms with Gasteiger partial charge in [0.2, 0.25) is 0 Å². The zero-order chi connectivity index (χ0) is 18.8. The Hall–Kier alpha value is -3.26. The van der Waals surface area contributed by atoms with Gasteiger partial charge in [0.25, 0.3) is 5.91 Å². The van der Waals surface area contributed by atoms with Gasteiger partial charge in [-0.1, -0.05) is 30.3 Å². The number of carbonyl (C=O) groups excluding carboxylic acids is 1. The molecule has 1 atom stereocenters. The zero-order valence-corrected chi connectivity index (χ0v) is 15.7. The third-order valence-electron chi connectivity index (χ3n) is 4.21. The highest BCUT2D eigenvalue weighted by molar-refractivity contribution is 7.13. The number of hydrogen-bond acceptors (Lipinski definition) is 5. The molecule has 0 aliphatic rings. The third-order valence-corrected chi connectivity index (χ3v) is 5.10. The summed E-state index contributed by atoms with van der Waals surface area (Å²) in [6.07, 6.45) is 7.20. The lowest BCUT2D eigenvalue weighted by atomic mass is 10.1. The lowest BCUT2D eigenvalue weighted by molar-refractivity contribution is 0.0937. The summed E-state index contributed by atoms with van der Waals surface area (Å²) in [5.74, 6) is 0.524. The summed E-state index contributed by atoms with van der Waals surface area (Å²) in [6, 6.07) is 9.43. The standard InChI is InChI=1S/C19H18N6OS/c1-24-9-8-20-17(24)16(13-6-4-3-5-7-13)23-18(26)15-12-27-19(22-15)14-10-21-25(2)11-14/h3-12,16H,1-2H3,(H,23,26). The molecule has 27 heavy (non-hydrogen) atoms. The van der Waals surface area contributed by atoms with Crippen LogP contribution < -0.4 is 5.32 Å². The van der Waals surface area contributed by atoms with E-state index in [-0.39, 0.29) is 11.9 Å². The van der Waals surface area contributed by atoms with Crippen LogP contribution in [-0.2, 0) is 14.1 Å². The molecule has 7 nitrogen and oxygen atoms in total. The Bertz CT molecular complexity index is 1060. The number of nitrogens with one attached hydrogen (secondary N) is 1. The highest BCUT2D eigenvalue weighted by Crippen LogP contribution is 2.24. The van der Waals surface area contributed by atoms with Crippen LogP contribution >= 0.6 is 11.3 Å². The van der Waals surface area contributed by atoms with E-state index in [4.69, 9.17) is 0 Å². The van der Waals surface area contributed by atoms with Gasteiger partial charge < -0.3 is 9.88 Å². The van der Waals surface area contributed by atoms with Crippen molar-refractivity contribution >= 4 is 17.2 Å². The number of benzene rings is 1. The third kappa shape index (κ3) is 3.52. The van der Waals surface area contributed by atoms with Crippen LogP contribution in [0.4, 0.5) is 0 Å². The van der Waals surface area contributed by atoms with Gasteiger partial charge in [-0.3, -0.25) is 9.48 Å². The summed E-state index contributed by atoms with van der Waals surface area (Å²) in [7, 11) is 3.76. The van der Waals surface area contributed by atoms with E-state index < -0.39 is 0 Å². The molecule has 136 valence electrons. The van der Waals surface area contributed by atoms with Gasteiger partial charge >= 0.3 is 0 Å². The van der Waals surface area contributed by atoms with Crippen molar-refractivity contribution in [2.75, 3.05) is 0 Å². The highest BCUT2D eigenvalue weighted by atomic mass is 32.1. The van der Waals surface area contributed by atoms with Crippen molar-refractivity contribution in [1.29, 1.82) is 0 Å². The second-order valence-electron chi connectivity index (χ2n) is 6.15. The first-order valence-corrected chi connectivity index (χ1v) is 9.27. The normalized spacial score (nSPS) is 12.1. The fourth-order valence-corrected chi connectivity index (χ4v) is 3.62. The maximum atomic E-state index is 12.9. The Balaban J connectivity index is 1.61. The molecule has 0 aliphatic carbocycles. The minimum absolute atomic E-state index is 0.238. The van der Waals surface area contributed by atoms with E-state index in [1.165, 1.54) is 11.3 Å². The van der Waals surface area contributed by atoms with Gasteiger partial charge in [-0.05, 0) is 5.56 Å². The van der Waals surface area contributed by atoms with Crippen LogP contribution in [0.15, 0.2) is 60.5 Å². The maximum Gasteiger partial charge on any atom is 0.271 e. The van der Waals surface area contributed by atoms with Gasteiger partial charge in [-0.15, -0.1) is 11.3 Å². The predicted molar refractivity (Wildman–Crippen MR) is 103 cm³/mol. The largest absolute Gasteiger partial charge is 0.337 e. The summed E-state index contributed by atoms with van der Waals surface area (Å²) in [5.41, 5.74) is 2.24. The van der Waals surface area contributed by atoms with Crippen LogP contribution in [0.1, 0.15) is 27.9 Å². The molecular formula is C19H18N6OS. The molecule has 3 heterocycles. The Morgan fingerprint density at radius 2 is 2.04 bits per heavy atom. The molecule has 1 amide bonds. The van der Waals surface area contributed by atoms with Crippen molar-refractivity contribution in [3.05, 3.63) is 77.6 Å². The Morgan fingerprint density at radius 3 is 2.70 bits per heavy atom. The lowest BCUT2D eigenvalue weighted by Crippen LogP contribution is -2.31. The van der Waals surface area contributed by atoms with Gasteiger partial charge in [0.15, 0.2) is 0 Å². The van der Waals surface area contributed by atoms with Gasteiger partial charge in [0.05, 0.1) is 6.20 Å². The van der Waals surface area contributed by atoms with Gasteiger partial charge in [0, 0.05) is 43.6 Å². The van der Waals surface area contributed by atoms with Gasteiger partial charge in [-0.25, -0.2) is 9.97 Å². The number of thiazole rings is 1. The fraction of sp³-hybridized carbons (Fsp3) is 0.158. The highest BCUT2D eigenvalue weighted by Gasteiger charge is 2.22. The van der Waals surface area contributed by atoms with Crippen molar-refractivity contribution in [3.8, 4) is 10.6 Å². The van der Waals surface area contributed by atoms with Crippen molar-refractivity contribution < 1.29 is 4.79 Å². The number of imidazole rings is 1. The fourth-order valence-electron chi connectivity index (χ4n) is 2.85. The van der Waals surface area contributed by atoms with E-state index in [0.29, 0.717) is 5.69 Å². The molecule has 4 aromatic rings. The van der Waals surface area contributed by atoms with Crippen molar-refractivity contribution in [1.82, 2.24) is 29.6 Å². The molecule has 0 spiro atoms. The maximum absolute atomic E-state index is 12.9. The van der Waals surface area contributed by atoms with Crippen LogP contribution in [0.2, 0.25) is 0 Å². The van der Waals surface area contributed by atoms with Crippen LogP contribution in [0.5, 0.6) is 0 Å². The molecule has 3 aromatic heterocycles. The Kier molecular flexibility index (Phi) is 4.55. The molecule has 0 radical (unpaired) electrons. The molecule has 0 saturated heterocycles. The molecule has 1 unspecified atom stereocenters. The number of hydrogen-bond donors (Lipinski definition) is 1. The van der Waals surface area contributed by atoms with E-state index in [2.05, 4.69) is 20.4 Å². The number of aryl methyl sites for hydroxylation is 2. The average Bonchev–Trinajstić information content (AvgIpc) is 3.41. The Morgan fingerprint density at radius 1 is 1.22 bits per heavy atom. The summed E-state index contributed by atoms with van der Waals surface area (Å²) >= 11 is 1.42. The molecule has 8 heteroatoms. The number of aromatic nitrogens is 5. The van der Waals surface area contributed by atoms with E-state index in [9.17, 15) is 4.79 Å². The number of rotatable bonds is 5. The van der Waals surface area contributed by atoms with Crippen molar-refractivity contribution in [3.63, 3.8) is 0 Å². The van der Waals surface area contributed by atoms with E-state index in [0.717, 1.165) is 22.0 Å². The van der Waals surface area contributed by atoms with E-state index in [1.807, 2.05) is 61.4 Å². The summed E-state index contributed by atoms with van der Waals surface area (Å²) in [4.78, 5) is 21.7. The summed E-state index contributed by atoms with van der Waals surface area (Å²) < 4.78 is 3.61. The zero-order valence-electron chi connectivity index (χ0n) is 14.9. The average molecular weight is 378 g/mol. The number of nitrogens with zero attached hydrogens (tertiary/aromatic N) is 5. The first-order valence-electron chi connectivity index (χ1n) is 8.39. The van der Waals surface area contributed by atoms with Crippen LogP contribution in [0, 0.1) is 0 Å². The first-order chi connectivity index (χ1) is 13.1. The summed E-state index contributed by atoms with van der Waals surface area (Å²) in [5, 5.41) is 9.74.